The Morgan fingerprint density at radius 2 is 2.67 bits per heavy atom. The smallest absolute Gasteiger partial charge is 0.118 e. The van der Waals surface area contributed by atoms with Gasteiger partial charge in [-0.05, 0) is 6.92 Å². The monoisotopic (exact) mass is 142 g/mol. The van der Waals surface area contributed by atoms with Gasteiger partial charge in [-0.3, -0.25) is 0 Å². The molecule has 3 heteroatoms. The van der Waals surface area contributed by atoms with Crippen molar-refractivity contribution in [2.45, 2.75) is 6.61 Å². The SMILES string of the molecule is [CH2]COCc1nccs1. The lowest BCUT2D eigenvalue weighted by Crippen LogP contribution is -1.89. The Balaban J connectivity index is 2.30. The summed E-state index contributed by atoms with van der Waals surface area (Å²) in [5.74, 6) is 0. The van der Waals surface area contributed by atoms with Crippen molar-refractivity contribution in [1.82, 2.24) is 4.98 Å². The Hall–Kier alpha value is -0.410. The number of thiazole rings is 1. The summed E-state index contributed by atoms with van der Waals surface area (Å²) in [4.78, 5) is 4.02. The van der Waals surface area contributed by atoms with Gasteiger partial charge in [-0.15, -0.1) is 11.3 Å². The molecule has 1 heterocycles. The van der Waals surface area contributed by atoms with Gasteiger partial charge in [-0.25, -0.2) is 4.98 Å². The van der Waals surface area contributed by atoms with Gasteiger partial charge in [0, 0.05) is 18.2 Å². The number of hydrogen-bond donors (Lipinski definition) is 0. The minimum absolute atomic E-state index is 0.513. The van der Waals surface area contributed by atoms with Crippen molar-refractivity contribution >= 4 is 11.3 Å². The first kappa shape index (κ1) is 6.71. The maximum absolute atomic E-state index is 5.01. The third-order valence-corrected chi connectivity index (χ3v) is 1.61. The van der Waals surface area contributed by atoms with E-state index in [0.717, 1.165) is 5.01 Å². The Morgan fingerprint density at radius 1 is 1.78 bits per heavy atom. The normalized spacial score (nSPS) is 9.89. The molecule has 0 aliphatic carbocycles. The lowest BCUT2D eigenvalue weighted by Gasteiger charge is -1.93. The molecule has 0 spiro atoms. The molecule has 0 bridgehead atoms. The first-order valence-corrected chi connectivity index (χ1v) is 3.57. The van der Waals surface area contributed by atoms with Crippen LogP contribution in [0.4, 0.5) is 0 Å². The van der Waals surface area contributed by atoms with Crippen LogP contribution in [0, 0.1) is 6.92 Å². The molecule has 0 aromatic carbocycles. The van der Waals surface area contributed by atoms with E-state index < -0.39 is 0 Å². The molecule has 0 atom stereocenters. The first-order chi connectivity index (χ1) is 4.43. The molecule has 9 heavy (non-hydrogen) atoms. The van der Waals surface area contributed by atoms with Crippen molar-refractivity contribution in [3.8, 4) is 0 Å². The Labute approximate surface area is 58.5 Å². The average molecular weight is 142 g/mol. The highest BCUT2D eigenvalue weighted by molar-refractivity contribution is 7.09. The van der Waals surface area contributed by atoms with Crippen LogP contribution in [0.2, 0.25) is 0 Å². The van der Waals surface area contributed by atoms with E-state index in [1.54, 1.807) is 17.5 Å². The Morgan fingerprint density at radius 3 is 3.22 bits per heavy atom. The number of hydrogen-bond acceptors (Lipinski definition) is 3. The van der Waals surface area contributed by atoms with Crippen molar-refractivity contribution in [3.63, 3.8) is 0 Å². The highest BCUT2D eigenvalue weighted by atomic mass is 32.1. The molecule has 0 amide bonds. The zero-order valence-electron chi connectivity index (χ0n) is 5.04. The molecular weight excluding hydrogens is 134 g/mol. The summed E-state index contributed by atoms with van der Waals surface area (Å²) in [5, 5.41) is 2.94. The summed E-state index contributed by atoms with van der Waals surface area (Å²) in [5.41, 5.74) is 0. The second kappa shape index (κ2) is 3.58. The van der Waals surface area contributed by atoms with Crippen LogP contribution in [-0.2, 0) is 11.3 Å². The number of rotatable bonds is 3. The molecule has 1 aromatic rings. The van der Waals surface area contributed by atoms with Gasteiger partial charge >= 0.3 is 0 Å². The van der Waals surface area contributed by atoms with E-state index in [1.165, 1.54) is 0 Å². The van der Waals surface area contributed by atoms with Gasteiger partial charge in [-0.2, -0.15) is 0 Å². The molecule has 1 radical (unpaired) electrons. The minimum atomic E-state index is 0.513. The second-order valence-electron chi connectivity index (χ2n) is 1.48. The fourth-order valence-electron chi connectivity index (χ4n) is 0.484. The Kier molecular flexibility index (Phi) is 2.67. The number of aromatic nitrogens is 1. The molecule has 0 saturated heterocycles. The average Bonchev–Trinajstić information content (AvgIpc) is 2.34. The molecule has 0 unspecified atom stereocenters. The summed E-state index contributed by atoms with van der Waals surface area (Å²) < 4.78 is 5.01. The second-order valence-corrected chi connectivity index (χ2v) is 2.46. The van der Waals surface area contributed by atoms with E-state index in [1.807, 2.05) is 5.38 Å². The third-order valence-electron chi connectivity index (χ3n) is 0.853. The molecule has 1 rings (SSSR count). The predicted octanol–water partition coefficient (Wildman–Crippen LogP) is 1.49. The zero-order chi connectivity index (χ0) is 6.53. The van der Waals surface area contributed by atoms with Crippen LogP contribution >= 0.6 is 11.3 Å². The molecule has 0 fully saturated rings. The zero-order valence-corrected chi connectivity index (χ0v) is 5.86. The molecule has 0 aliphatic rings. The van der Waals surface area contributed by atoms with Gasteiger partial charge in [0.15, 0.2) is 0 Å². The van der Waals surface area contributed by atoms with Gasteiger partial charge in [0.2, 0.25) is 0 Å². The van der Waals surface area contributed by atoms with Crippen LogP contribution in [-0.4, -0.2) is 11.6 Å². The lowest BCUT2D eigenvalue weighted by atomic mass is 10.7. The van der Waals surface area contributed by atoms with Crippen molar-refractivity contribution in [2.75, 3.05) is 6.61 Å². The largest absolute Gasteiger partial charge is 0.374 e. The summed E-state index contributed by atoms with van der Waals surface area (Å²) in [6, 6.07) is 0. The van der Waals surface area contributed by atoms with Crippen molar-refractivity contribution in [2.24, 2.45) is 0 Å². The highest BCUT2D eigenvalue weighted by Crippen LogP contribution is 2.04. The van der Waals surface area contributed by atoms with E-state index in [0.29, 0.717) is 13.2 Å². The summed E-state index contributed by atoms with van der Waals surface area (Å²) in [7, 11) is 0. The fourth-order valence-corrected chi connectivity index (χ4v) is 1.04. The summed E-state index contributed by atoms with van der Waals surface area (Å²) in [6.07, 6.45) is 1.77. The lowest BCUT2D eigenvalue weighted by molar-refractivity contribution is 0.147. The van der Waals surface area contributed by atoms with Gasteiger partial charge in [0.1, 0.15) is 5.01 Å². The molecule has 2 nitrogen and oxygen atoms in total. The van der Waals surface area contributed by atoms with E-state index in [2.05, 4.69) is 11.9 Å². The van der Waals surface area contributed by atoms with E-state index in [4.69, 9.17) is 4.74 Å². The third kappa shape index (κ3) is 2.11. The van der Waals surface area contributed by atoms with Crippen LogP contribution in [0.5, 0.6) is 0 Å². The molecule has 0 N–H and O–H groups in total. The van der Waals surface area contributed by atoms with E-state index in [9.17, 15) is 0 Å². The van der Waals surface area contributed by atoms with E-state index >= 15 is 0 Å². The molecule has 0 aliphatic heterocycles. The van der Waals surface area contributed by atoms with Gasteiger partial charge in [0.25, 0.3) is 0 Å². The van der Waals surface area contributed by atoms with Gasteiger partial charge < -0.3 is 4.74 Å². The van der Waals surface area contributed by atoms with Crippen LogP contribution in [0.25, 0.3) is 0 Å². The topological polar surface area (TPSA) is 22.1 Å². The van der Waals surface area contributed by atoms with Crippen LogP contribution in [0.15, 0.2) is 11.6 Å². The highest BCUT2D eigenvalue weighted by Gasteiger charge is 1.91. The van der Waals surface area contributed by atoms with Crippen LogP contribution in [0.3, 0.4) is 0 Å². The fraction of sp³-hybridized carbons (Fsp3) is 0.333. The van der Waals surface area contributed by atoms with E-state index in [-0.39, 0.29) is 0 Å². The van der Waals surface area contributed by atoms with Crippen LogP contribution in [0.1, 0.15) is 5.01 Å². The summed E-state index contributed by atoms with van der Waals surface area (Å²) >= 11 is 1.60. The predicted molar refractivity (Wildman–Crippen MR) is 37.1 cm³/mol. The first-order valence-electron chi connectivity index (χ1n) is 2.69. The number of nitrogens with zero attached hydrogens (tertiary/aromatic N) is 1. The molecule has 0 saturated carbocycles. The molecular formula is C6H8NOS. The van der Waals surface area contributed by atoms with Crippen molar-refractivity contribution < 1.29 is 4.74 Å². The number of ether oxygens (including phenoxy) is 1. The quantitative estimate of drug-likeness (QED) is 0.638. The van der Waals surface area contributed by atoms with Crippen molar-refractivity contribution in [1.29, 1.82) is 0 Å². The van der Waals surface area contributed by atoms with Gasteiger partial charge in [-0.1, -0.05) is 0 Å². The summed E-state index contributed by atoms with van der Waals surface area (Å²) in [6.45, 7) is 4.65. The van der Waals surface area contributed by atoms with Crippen molar-refractivity contribution in [3.05, 3.63) is 23.5 Å². The molecule has 1 aromatic heterocycles. The standard InChI is InChI=1S/C6H8NOS/c1-2-8-5-6-7-3-4-9-6/h3-4H,1-2,5H2. The maximum Gasteiger partial charge on any atom is 0.118 e. The van der Waals surface area contributed by atoms with Crippen LogP contribution < -0.4 is 0 Å². The maximum atomic E-state index is 5.01. The van der Waals surface area contributed by atoms with Gasteiger partial charge in [0.05, 0.1) is 6.61 Å². The Bertz CT molecular complexity index is 150. The minimum Gasteiger partial charge on any atom is -0.374 e. The molecule has 49 valence electrons.